The van der Waals surface area contributed by atoms with Crippen molar-refractivity contribution in [3.8, 4) is 5.75 Å². The molecule has 2 atom stereocenters. The van der Waals surface area contributed by atoms with Crippen LogP contribution in [0, 0.1) is 0 Å². The lowest BCUT2D eigenvalue weighted by molar-refractivity contribution is -0.137. The highest BCUT2D eigenvalue weighted by atomic mass is 19.4. The maximum absolute atomic E-state index is 13.8. The minimum atomic E-state index is -4.50. The van der Waals surface area contributed by atoms with E-state index >= 15 is 0 Å². The van der Waals surface area contributed by atoms with Gasteiger partial charge in [-0.2, -0.15) is 13.2 Å². The summed E-state index contributed by atoms with van der Waals surface area (Å²) in [5.41, 5.74) is 0.647. The number of hydrogen-bond donors (Lipinski definition) is 0. The van der Waals surface area contributed by atoms with Crippen LogP contribution in [0.1, 0.15) is 27.9 Å². The van der Waals surface area contributed by atoms with Gasteiger partial charge in [-0.3, -0.25) is 14.6 Å². The summed E-state index contributed by atoms with van der Waals surface area (Å²) in [6.07, 6.45) is -1.30. The molecule has 0 spiro atoms. The Morgan fingerprint density at radius 2 is 1.82 bits per heavy atom. The zero-order valence-electron chi connectivity index (χ0n) is 17.9. The van der Waals surface area contributed by atoms with Crippen LogP contribution in [-0.2, 0) is 17.5 Å². The molecule has 0 radical (unpaired) electrons. The van der Waals surface area contributed by atoms with Crippen molar-refractivity contribution in [2.45, 2.75) is 31.3 Å². The van der Waals surface area contributed by atoms with E-state index in [1.807, 2.05) is 12.1 Å². The second-order valence-electron chi connectivity index (χ2n) is 8.28. The van der Waals surface area contributed by atoms with Crippen molar-refractivity contribution in [2.24, 2.45) is 0 Å². The third kappa shape index (κ3) is 4.09. The number of carbonyl (C=O) groups excluding carboxylic acids is 2. The molecule has 0 unspecified atom stereocenters. The lowest BCUT2D eigenvalue weighted by Gasteiger charge is -2.31. The molecule has 2 aromatic carbocycles. The summed E-state index contributed by atoms with van der Waals surface area (Å²) < 4.78 is 44.9. The molecule has 3 heterocycles. The molecule has 6 nitrogen and oxygen atoms in total. The maximum atomic E-state index is 13.8. The van der Waals surface area contributed by atoms with Gasteiger partial charge in [0.25, 0.3) is 5.91 Å². The third-order valence-electron chi connectivity index (χ3n) is 6.05. The first-order valence-electron chi connectivity index (χ1n) is 10.8. The Balaban J connectivity index is 1.47. The van der Waals surface area contributed by atoms with Crippen LogP contribution < -0.4 is 9.64 Å². The van der Waals surface area contributed by atoms with E-state index in [9.17, 15) is 22.8 Å². The Hall–Kier alpha value is -3.88. The lowest BCUT2D eigenvalue weighted by atomic mass is 10.1. The number of alkyl halides is 3. The standard InChI is InChI=1S/C25H20F3N3O3/c26-25(27,28)18-9-7-17(8-10-18)23(32)31-15-19-12-21(31)24(33)30(14-16-4-3-11-29-13-16)20-5-1-2-6-22(20)34-19/h1-11,13,19,21H,12,14-15H2/t19-,21-/m0/s1. The van der Waals surface area contributed by atoms with Crippen LogP contribution in [0.3, 0.4) is 0 Å². The number of pyridine rings is 1. The highest BCUT2D eigenvalue weighted by Crippen LogP contribution is 2.37. The Morgan fingerprint density at radius 3 is 2.53 bits per heavy atom. The lowest BCUT2D eigenvalue weighted by Crippen LogP contribution is -2.47. The normalized spacial score (nSPS) is 19.8. The van der Waals surface area contributed by atoms with Gasteiger partial charge in [-0.1, -0.05) is 18.2 Å². The molecule has 2 amide bonds. The number of para-hydroxylation sites is 2. The minimum Gasteiger partial charge on any atom is -0.486 e. The number of carbonyl (C=O) groups is 2. The van der Waals surface area contributed by atoms with Crippen LogP contribution in [-0.4, -0.2) is 40.4 Å². The summed E-state index contributed by atoms with van der Waals surface area (Å²) in [5.74, 6) is -0.250. The number of benzene rings is 2. The molecule has 5 rings (SSSR count). The molecule has 34 heavy (non-hydrogen) atoms. The number of fused-ring (bicyclic) bond motifs is 3. The molecule has 174 valence electrons. The van der Waals surface area contributed by atoms with Crippen molar-refractivity contribution in [3.63, 3.8) is 0 Å². The predicted molar refractivity (Wildman–Crippen MR) is 117 cm³/mol. The Kier molecular flexibility index (Phi) is 5.47. The van der Waals surface area contributed by atoms with Crippen LogP contribution in [0.4, 0.5) is 18.9 Å². The van der Waals surface area contributed by atoms with Crippen molar-refractivity contribution in [3.05, 3.63) is 89.7 Å². The Bertz CT molecular complexity index is 1220. The number of ether oxygens (including phenoxy) is 1. The molecule has 3 aromatic rings. The van der Waals surface area contributed by atoms with Crippen molar-refractivity contribution < 1.29 is 27.5 Å². The average Bonchev–Trinajstić information content (AvgIpc) is 3.27. The molecule has 0 aliphatic carbocycles. The van der Waals surface area contributed by atoms with Crippen LogP contribution in [0.15, 0.2) is 73.1 Å². The van der Waals surface area contributed by atoms with E-state index in [0.717, 1.165) is 29.8 Å². The fourth-order valence-electron chi connectivity index (χ4n) is 4.40. The van der Waals surface area contributed by atoms with Gasteiger partial charge in [-0.05, 0) is 48.0 Å². The Labute approximate surface area is 193 Å². The molecule has 1 fully saturated rings. The number of hydrogen-bond acceptors (Lipinski definition) is 4. The van der Waals surface area contributed by atoms with E-state index < -0.39 is 29.8 Å². The number of halogens is 3. The number of aromatic nitrogens is 1. The van der Waals surface area contributed by atoms with Gasteiger partial charge in [0, 0.05) is 24.4 Å². The molecule has 0 N–H and O–H groups in total. The third-order valence-corrected chi connectivity index (χ3v) is 6.05. The summed E-state index contributed by atoms with van der Waals surface area (Å²) in [6.45, 7) is 0.391. The molecular weight excluding hydrogens is 447 g/mol. The fraction of sp³-hybridized carbons (Fsp3) is 0.240. The fourth-order valence-corrected chi connectivity index (χ4v) is 4.40. The largest absolute Gasteiger partial charge is 0.486 e. The molecule has 1 aromatic heterocycles. The van der Waals surface area contributed by atoms with Crippen molar-refractivity contribution in [1.29, 1.82) is 0 Å². The van der Waals surface area contributed by atoms with Crippen LogP contribution in [0.2, 0.25) is 0 Å². The predicted octanol–water partition coefficient (Wildman–Crippen LogP) is 4.31. The van der Waals surface area contributed by atoms with E-state index in [-0.39, 0.29) is 24.6 Å². The quantitative estimate of drug-likeness (QED) is 0.576. The number of amides is 2. The highest BCUT2D eigenvalue weighted by molar-refractivity contribution is 6.03. The summed E-state index contributed by atoms with van der Waals surface area (Å²) in [7, 11) is 0. The SMILES string of the molecule is O=C1[C@@H]2C[C@@H](CN2C(=O)c2ccc(C(F)(F)F)cc2)Oc2ccccc2N1Cc1cccnc1. The first-order valence-corrected chi connectivity index (χ1v) is 10.8. The van der Waals surface area contributed by atoms with Gasteiger partial charge in [0.1, 0.15) is 17.9 Å². The molecule has 0 saturated carbocycles. The number of rotatable bonds is 3. The van der Waals surface area contributed by atoms with Gasteiger partial charge in [0.2, 0.25) is 5.91 Å². The van der Waals surface area contributed by atoms with Gasteiger partial charge in [-0.15, -0.1) is 0 Å². The maximum Gasteiger partial charge on any atom is 0.416 e. The second kappa shape index (κ2) is 8.48. The first kappa shape index (κ1) is 21.9. The molecule has 2 bridgehead atoms. The van der Waals surface area contributed by atoms with Crippen LogP contribution in [0.25, 0.3) is 0 Å². The molecule has 9 heteroatoms. The smallest absolute Gasteiger partial charge is 0.416 e. The van der Waals surface area contributed by atoms with Gasteiger partial charge in [0.05, 0.1) is 24.3 Å². The van der Waals surface area contributed by atoms with Gasteiger partial charge in [0.15, 0.2) is 0 Å². The number of nitrogens with zero attached hydrogens (tertiary/aromatic N) is 3. The van der Waals surface area contributed by atoms with Crippen molar-refractivity contribution in [1.82, 2.24) is 9.88 Å². The Morgan fingerprint density at radius 1 is 1.06 bits per heavy atom. The van der Waals surface area contributed by atoms with Crippen LogP contribution >= 0.6 is 0 Å². The number of likely N-dealkylation sites (tertiary alicyclic amines) is 1. The monoisotopic (exact) mass is 467 g/mol. The summed E-state index contributed by atoms with van der Waals surface area (Å²) in [5, 5.41) is 0. The van der Waals surface area contributed by atoms with E-state index in [2.05, 4.69) is 4.98 Å². The summed E-state index contributed by atoms with van der Waals surface area (Å²) in [4.78, 5) is 34.1. The molecular formula is C25H20F3N3O3. The van der Waals surface area contributed by atoms with Gasteiger partial charge >= 0.3 is 6.18 Å². The van der Waals surface area contributed by atoms with E-state index in [1.54, 1.807) is 41.6 Å². The molecule has 2 aliphatic rings. The van der Waals surface area contributed by atoms with E-state index in [1.165, 1.54) is 4.90 Å². The summed E-state index contributed by atoms with van der Waals surface area (Å²) in [6, 6.07) is 14.0. The molecule has 2 aliphatic heterocycles. The van der Waals surface area contributed by atoms with Crippen molar-refractivity contribution >= 4 is 17.5 Å². The highest BCUT2D eigenvalue weighted by Gasteiger charge is 2.45. The van der Waals surface area contributed by atoms with Crippen molar-refractivity contribution in [2.75, 3.05) is 11.4 Å². The zero-order chi connectivity index (χ0) is 23.9. The summed E-state index contributed by atoms with van der Waals surface area (Å²) >= 11 is 0. The van der Waals surface area contributed by atoms with E-state index in [4.69, 9.17) is 4.74 Å². The molecule has 1 saturated heterocycles. The van der Waals surface area contributed by atoms with Gasteiger partial charge < -0.3 is 14.5 Å². The topological polar surface area (TPSA) is 62.7 Å². The van der Waals surface area contributed by atoms with Crippen LogP contribution in [0.5, 0.6) is 5.75 Å². The average molecular weight is 467 g/mol. The first-order chi connectivity index (χ1) is 16.3. The minimum absolute atomic E-state index is 0.0852. The van der Waals surface area contributed by atoms with E-state index in [0.29, 0.717) is 17.9 Å². The second-order valence-corrected chi connectivity index (χ2v) is 8.28. The zero-order valence-corrected chi connectivity index (χ0v) is 17.9. The van der Waals surface area contributed by atoms with Gasteiger partial charge in [-0.25, -0.2) is 0 Å². The number of anilines is 1.